The molecule has 3 rings (SSSR count). The first-order chi connectivity index (χ1) is 13.4. The summed E-state index contributed by atoms with van der Waals surface area (Å²) in [5, 5.41) is 11.0. The van der Waals surface area contributed by atoms with E-state index in [9.17, 15) is 14.9 Å². The number of aromatic nitrogens is 2. The van der Waals surface area contributed by atoms with Gasteiger partial charge in [0.1, 0.15) is 12.4 Å². The third-order valence-electron chi connectivity index (χ3n) is 4.17. The topological polar surface area (TPSA) is 101 Å². The van der Waals surface area contributed by atoms with Gasteiger partial charge in [-0.15, -0.1) is 0 Å². The van der Waals surface area contributed by atoms with Gasteiger partial charge in [-0.2, -0.15) is 0 Å². The standard InChI is InChI=1S/C20H20N4O4/c1-14-19(16-9-6-10-17(11-16)24(26)27)22-18(21-14)12-23(2)20(25)28-13-15-7-4-3-5-8-15/h3-11H,12-13H2,1-2H3,(H,21,22). The van der Waals surface area contributed by atoms with Crippen molar-refractivity contribution in [3.05, 3.63) is 81.8 Å². The molecule has 0 radical (unpaired) electrons. The number of ether oxygens (including phenoxy) is 1. The lowest BCUT2D eigenvalue weighted by Gasteiger charge is -2.15. The maximum Gasteiger partial charge on any atom is 0.410 e. The molecular weight excluding hydrogens is 360 g/mol. The Kier molecular flexibility index (Phi) is 5.69. The average Bonchev–Trinajstić information content (AvgIpc) is 3.07. The second-order valence-electron chi connectivity index (χ2n) is 6.36. The van der Waals surface area contributed by atoms with Gasteiger partial charge in [-0.25, -0.2) is 9.78 Å². The summed E-state index contributed by atoms with van der Waals surface area (Å²) in [6, 6.07) is 15.7. The molecule has 8 nitrogen and oxygen atoms in total. The Bertz CT molecular complexity index is 985. The zero-order valence-electron chi connectivity index (χ0n) is 15.6. The zero-order valence-corrected chi connectivity index (χ0v) is 15.6. The number of aryl methyl sites for hydroxylation is 1. The highest BCUT2D eigenvalue weighted by Gasteiger charge is 2.16. The summed E-state index contributed by atoms with van der Waals surface area (Å²) in [4.78, 5) is 31.8. The number of nitro groups is 1. The molecule has 0 fully saturated rings. The maximum atomic E-state index is 12.2. The van der Waals surface area contributed by atoms with Crippen molar-refractivity contribution < 1.29 is 14.5 Å². The van der Waals surface area contributed by atoms with E-state index in [1.165, 1.54) is 17.0 Å². The van der Waals surface area contributed by atoms with E-state index >= 15 is 0 Å². The molecule has 0 unspecified atom stereocenters. The molecule has 0 bridgehead atoms. The molecule has 0 aliphatic carbocycles. The Morgan fingerprint density at radius 3 is 2.68 bits per heavy atom. The fourth-order valence-corrected chi connectivity index (χ4v) is 2.76. The van der Waals surface area contributed by atoms with E-state index in [1.54, 1.807) is 19.2 Å². The van der Waals surface area contributed by atoms with E-state index in [2.05, 4.69) is 9.97 Å². The smallest absolute Gasteiger partial charge is 0.410 e. The van der Waals surface area contributed by atoms with Crippen LogP contribution < -0.4 is 0 Å². The summed E-state index contributed by atoms with van der Waals surface area (Å²) in [6.45, 7) is 2.25. The van der Waals surface area contributed by atoms with E-state index in [0.29, 0.717) is 17.1 Å². The van der Waals surface area contributed by atoms with Crippen molar-refractivity contribution in [2.75, 3.05) is 7.05 Å². The molecule has 2 aromatic carbocycles. The van der Waals surface area contributed by atoms with Crippen molar-refractivity contribution in [1.82, 2.24) is 14.9 Å². The van der Waals surface area contributed by atoms with Crippen LogP contribution in [-0.2, 0) is 17.9 Å². The predicted molar refractivity (Wildman–Crippen MR) is 104 cm³/mol. The number of carbonyl (C=O) groups is 1. The molecule has 3 aromatic rings. The summed E-state index contributed by atoms with van der Waals surface area (Å²) < 4.78 is 5.30. The second kappa shape index (κ2) is 8.34. The summed E-state index contributed by atoms with van der Waals surface area (Å²) in [5.41, 5.74) is 2.93. The van der Waals surface area contributed by atoms with E-state index in [1.807, 2.05) is 37.3 Å². The Labute approximate surface area is 161 Å². The number of non-ortho nitro benzene ring substituents is 1. The van der Waals surface area contributed by atoms with Gasteiger partial charge in [0.2, 0.25) is 0 Å². The number of benzene rings is 2. The molecule has 144 valence electrons. The molecule has 1 aromatic heterocycles. The number of H-pyrrole nitrogens is 1. The van der Waals surface area contributed by atoms with E-state index in [4.69, 9.17) is 4.74 Å². The second-order valence-corrected chi connectivity index (χ2v) is 6.36. The fraction of sp³-hybridized carbons (Fsp3) is 0.200. The molecule has 1 N–H and O–H groups in total. The van der Waals surface area contributed by atoms with Gasteiger partial charge in [-0.3, -0.25) is 10.1 Å². The molecule has 1 heterocycles. The SMILES string of the molecule is Cc1[nH]c(CN(C)C(=O)OCc2ccccc2)nc1-c1cccc([N+](=O)[O-])c1. The monoisotopic (exact) mass is 380 g/mol. The minimum atomic E-state index is -0.463. The van der Waals surface area contributed by atoms with Crippen LogP contribution in [0.3, 0.4) is 0 Å². The highest BCUT2D eigenvalue weighted by atomic mass is 16.6. The number of hydrogen-bond donors (Lipinski definition) is 1. The molecule has 28 heavy (non-hydrogen) atoms. The van der Waals surface area contributed by atoms with Crippen molar-refractivity contribution >= 4 is 11.8 Å². The molecule has 0 aliphatic heterocycles. The Balaban J connectivity index is 1.66. The highest BCUT2D eigenvalue weighted by Crippen LogP contribution is 2.25. The number of imidazole rings is 1. The van der Waals surface area contributed by atoms with Gasteiger partial charge in [-0.05, 0) is 12.5 Å². The number of rotatable bonds is 6. The van der Waals surface area contributed by atoms with E-state index in [0.717, 1.165) is 11.3 Å². The number of hydrogen-bond acceptors (Lipinski definition) is 5. The van der Waals surface area contributed by atoms with Crippen LogP contribution in [0.2, 0.25) is 0 Å². The van der Waals surface area contributed by atoms with Gasteiger partial charge in [0.05, 0.1) is 17.2 Å². The number of carbonyl (C=O) groups excluding carboxylic acids is 1. The Morgan fingerprint density at radius 2 is 1.96 bits per heavy atom. The minimum Gasteiger partial charge on any atom is -0.445 e. The summed E-state index contributed by atoms with van der Waals surface area (Å²) in [7, 11) is 1.62. The summed E-state index contributed by atoms with van der Waals surface area (Å²) in [5.74, 6) is 0.568. The van der Waals surface area contributed by atoms with Crippen LogP contribution in [0, 0.1) is 17.0 Å². The van der Waals surface area contributed by atoms with Crippen LogP contribution in [-0.4, -0.2) is 32.9 Å². The van der Waals surface area contributed by atoms with Gasteiger partial charge >= 0.3 is 6.09 Å². The molecule has 1 amide bonds. The van der Waals surface area contributed by atoms with Crippen molar-refractivity contribution in [2.45, 2.75) is 20.1 Å². The molecular formula is C20H20N4O4. The van der Waals surface area contributed by atoms with Gasteiger partial charge in [0.15, 0.2) is 0 Å². The van der Waals surface area contributed by atoms with Crippen LogP contribution in [0.4, 0.5) is 10.5 Å². The first-order valence-corrected chi connectivity index (χ1v) is 8.66. The van der Waals surface area contributed by atoms with Gasteiger partial charge in [-0.1, -0.05) is 42.5 Å². The van der Waals surface area contributed by atoms with Gasteiger partial charge in [0, 0.05) is 30.4 Å². The third-order valence-corrected chi connectivity index (χ3v) is 4.17. The first kappa shape index (κ1) is 19.1. The van der Waals surface area contributed by atoms with Crippen LogP contribution in [0.15, 0.2) is 54.6 Å². The van der Waals surface area contributed by atoms with E-state index in [-0.39, 0.29) is 18.8 Å². The molecule has 8 heteroatoms. The molecule has 0 atom stereocenters. The zero-order chi connectivity index (χ0) is 20.1. The maximum absolute atomic E-state index is 12.2. The molecule has 0 saturated carbocycles. The van der Waals surface area contributed by atoms with Crippen molar-refractivity contribution in [3.8, 4) is 11.3 Å². The number of amides is 1. The van der Waals surface area contributed by atoms with Gasteiger partial charge in [0.25, 0.3) is 5.69 Å². The molecule has 0 aliphatic rings. The fourth-order valence-electron chi connectivity index (χ4n) is 2.76. The summed E-state index contributed by atoms with van der Waals surface area (Å²) in [6.07, 6.45) is -0.463. The van der Waals surface area contributed by atoms with Gasteiger partial charge < -0.3 is 14.6 Å². The summed E-state index contributed by atoms with van der Waals surface area (Å²) >= 11 is 0. The number of aromatic amines is 1. The van der Waals surface area contributed by atoms with Crippen LogP contribution in [0.1, 0.15) is 17.1 Å². The van der Waals surface area contributed by atoms with E-state index < -0.39 is 11.0 Å². The molecule has 0 saturated heterocycles. The van der Waals surface area contributed by atoms with Crippen molar-refractivity contribution in [3.63, 3.8) is 0 Å². The lowest BCUT2D eigenvalue weighted by atomic mass is 10.1. The third kappa shape index (κ3) is 4.53. The lowest BCUT2D eigenvalue weighted by Crippen LogP contribution is -2.27. The van der Waals surface area contributed by atoms with Crippen LogP contribution in [0.25, 0.3) is 11.3 Å². The first-order valence-electron chi connectivity index (χ1n) is 8.66. The highest BCUT2D eigenvalue weighted by molar-refractivity contribution is 5.67. The van der Waals surface area contributed by atoms with Crippen molar-refractivity contribution in [1.29, 1.82) is 0 Å². The lowest BCUT2D eigenvalue weighted by molar-refractivity contribution is -0.384. The number of nitro benzene ring substituents is 1. The predicted octanol–water partition coefficient (Wildman–Crippen LogP) is 4.06. The number of nitrogens with one attached hydrogen (secondary N) is 1. The normalized spacial score (nSPS) is 10.5. The Hall–Kier alpha value is -3.68. The minimum absolute atomic E-state index is 0.00283. The largest absolute Gasteiger partial charge is 0.445 e. The average molecular weight is 380 g/mol. The Morgan fingerprint density at radius 1 is 1.21 bits per heavy atom. The van der Waals surface area contributed by atoms with Crippen LogP contribution >= 0.6 is 0 Å². The molecule has 0 spiro atoms. The number of nitrogens with zero attached hydrogens (tertiary/aromatic N) is 3. The van der Waals surface area contributed by atoms with Crippen LogP contribution in [0.5, 0.6) is 0 Å². The van der Waals surface area contributed by atoms with Crippen molar-refractivity contribution in [2.24, 2.45) is 0 Å². The quantitative estimate of drug-likeness (QED) is 0.513.